The van der Waals surface area contributed by atoms with E-state index in [0.29, 0.717) is 26.4 Å². The fourth-order valence-electron chi connectivity index (χ4n) is 8.57. The first kappa shape index (κ1) is 43.5. The van der Waals surface area contributed by atoms with E-state index >= 15 is 0 Å². The van der Waals surface area contributed by atoms with Crippen LogP contribution in [0.5, 0.6) is 11.5 Å². The van der Waals surface area contributed by atoms with Gasteiger partial charge in [-0.25, -0.2) is 0 Å². The highest BCUT2D eigenvalue weighted by molar-refractivity contribution is 5.29. The molecular formula is C52H62O8. The number of hydrogen-bond donors (Lipinski definition) is 0. The molecule has 2 aliphatic rings. The Balaban J connectivity index is 1.18. The number of methoxy groups -OCH3 is 2. The predicted octanol–water partition coefficient (Wildman–Crippen LogP) is 10.3. The Kier molecular flexibility index (Phi) is 15.8. The average Bonchev–Trinajstić information content (AvgIpc) is 3.29. The molecule has 7 rings (SSSR count). The summed E-state index contributed by atoms with van der Waals surface area (Å²) >= 11 is 0. The van der Waals surface area contributed by atoms with E-state index in [4.69, 9.17) is 37.9 Å². The van der Waals surface area contributed by atoms with Crippen LogP contribution in [0.15, 0.2) is 140 Å². The highest BCUT2D eigenvalue weighted by Crippen LogP contribution is 2.42. The lowest BCUT2D eigenvalue weighted by molar-refractivity contribution is -0.343. The van der Waals surface area contributed by atoms with Gasteiger partial charge in [-0.2, -0.15) is 0 Å². The molecular weight excluding hydrogens is 753 g/mol. The van der Waals surface area contributed by atoms with E-state index < -0.39 is 18.7 Å². The molecule has 5 aromatic carbocycles. The topological polar surface area (TPSA) is 73.8 Å². The van der Waals surface area contributed by atoms with Crippen LogP contribution in [0.2, 0.25) is 0 Å². The van der Waals surface area contributed by atoms with Gasteiger partial charge >= 0.3 is 0 Å². The van der Waals surface area contributed by atoms with Crippen LogP contribution >= 0.6 is 0 Å². The number of aryl methyl sites for hydroxylation is 1. The van der Waals surface area contributed by atoms with E-state index in [-0.39, 0.29) is 42.0 Å². The summed E-state index contributed by atoms with van der Waals surface area (Å²) in [5, 5.41) is 0. The number of benzene rings is 5. The molecule has 0 radical (unpaired) electrons. The molecule has 60 heavy (non-hydrogen) atoms. The van der Waals surface area contributed by atoms with Crippen molar-refractivity contribution in [3.63, 3.8) is 0 Å². The quantitative estimate of drug-likeness (QED) is 0.0816. The molecule has 0 spiro atoms. The van der Waals surface area contributed by atoms with E-state index in [1.165, 1.54) is 11.1 Å². The van der Waals surface area contributed by atoms with Crippen LogP contribution in [0.3, 0.4) is 0 Å². The van der Waals surface area contributed by atoms with E-state index in [1.54, 1.807) is 14.2 Å². The first-order chi connectivity index (χ1) is 29.4. The van der Waals surface area contributed by atoms with Crippen LogP contribution in [0, 0.1) is 23.7 Å². The summed E-state index contributed by atoms with van der Waals surface area (Å²) in [5.41, 5.74) is 5.75. The van der Waals surface area contributed by atoms with E-state index in [0.717, 1.165) is 47.5 Å². The molecule has 10 atom stereocenters. The molecule has 5 aromatic rings. The second kappa shape index (κ2) is 21.8. The zero-order chi connectivity index (χ0) is 41.7. The number of rotatable bonds is 19. The van der Waals surface area contributed by atoms with Crippen molar-refractivity contribution in [1.82, 2.24) is 0 Å². The Bertz CT molecular complexity index is 1960. The minimum absolute atomic E-state index is 0.0243. The van der Waals surface area contributed by atoms with Gasteiger partial charge in [0.25, 0.3) is 0 Å². The van der Waals surface area contributed by atoms with Gasteiger partial charge in [-0.05, 0) is 89.1 Å². The number of ether oxygens (including phenoxy) is 8. The van der Waals surface area contributed by atoms with E-state index in [9.17, 15) is 0 Å². The summed E-state index contributed by atoms with van der Waals surface area (Å²) in [6, 6.07) is 47.5. The van der Waals surface area contributed by atoms with Gasteiger partial charge in [0.05, 0.1) is 52.9 Å². The van der Waals surface area contributed by atoms with Gasteiger partial charge in [-0.1, -0.05) is 136 Å². The van der Waals surface area contributed by atoms with Gasteiger partial charge in [0.1, 0.15) is 23.7 Å². The molecule has 0 aromatic heterocycles. The van der Waals surface area contributed by atoms with Crippen molar-refractivity contribution in [2.75, 3.05) is 20.8 Å². The van der Waals surface area contributed by atoms with Crippen LogP contribution in [0.4, 0.5) is 0 Å². The van der Waals surface area contributed by atoms with Crippen LogP contribution in [0.1, 0.15) is 55.0 Å². The lowest BCUT2D eigenvalue weighted by Gasteiger charge is -2.50. The summed E-state index contributed by atoms with van der Waals surface area (Å²) in [5.74, 6) is 1.98. The third-order valence-corrected chi connectivity index (χ3v) is 12.4. The molecule has 8 nitrogen and oxygen atoms in total. The molecule has 0 aliphatic carbocycles. The summed E-state index contributed by atoms with van der Waals surface area (Å²) in [6.07, 6.45) is 0.103. The summed E-state index contributed by atoms with van der Waals surface area (Å²) in [6.45, 7) is 8.42. The molecule has 2 fully saturated rings. The predicted molar refractivity (Wildman–Crippen MR) is 234 cm³/mol. The van der Waals surface area contributed by atoms with Crippen molar-refractivity contribution in [2.24, 2.45) is 23.7 Å². The minimum Gasteiger partial charge on any atom is -0.497 e. The van der Waals surface area contributed by atoms with Crippen molar-refractivity contribution in [3.05, 3.63) is 167 Å². The molecule has 4 unspecified atom stereocenters. The maximum Gasteiger partial charge on any atom is 0.184 e. The van der Waals surface area contributed by atoms with Crippen LogP contribution < -0.4 is 9.47 Å². The van der Waals surface area contributed by atoms with Gasteiger partial charge in [0, 0.05) is 5.92 Å². The highest BCUT2D eigenvalue weighted by Gasteiger charge is 2.50. The molecule has 2 saturated heterocycles. The lowest BCUT2D eigenvalue weighted by Crippen LogP contribution is -2.58. The van der Waals surface area contributed by atoms with Crippen molar-refractivity contribution < 1.29 is 37.9 Å². The van der Waals surface area contributed by atoms with Gasteiger partial charge < -0.3 is 37.9 Å². The van der Waals surface area contributed by atoms with Crippen LogP contribution in [0.25, 0.3) is 0 Å². The van der Waals surface area contributed by atoms with Crippen molar-refractivity contribution in [2.45, 2.75) is 96.9 Å². The standard InChI is InChI=1S/C52H62O8/c1-36-37(2)51(57-34-43-19-13-8-14-20-43)59-48(35-55-32-41-15-9-6-10-16-41)49(36)60-52-50(56-33-42-17-11-7-12-18-42)46(31-40-23-28-45(54-5)29-24-40)38(3)47(58-52)30-25-39-21-26-44(53-4)27-22-39/h6-24,26-29,36-38,46-52H,25,30-35H2,1-5H3/t36-,37?,38+,46+,47?,48?,49+,50?,51-,52+/m1/s1. The monoisotopic (exact) mass is 814 g/mol. The Labute approximate surface area is 357 Å². The Morgan fingerprint density at radius 1 is 0.467 bits per heavy atom. The van der Waals surface area contributed by atoms with E-state index in [1.807, 2.05) is 66.7 Å². The fraction of sp³-hybridized carbons (Fsp3) is 0.423. The average molecular weight is 815 g/mol. The van der Waals surface area contributed by atoms with Gasteiger partial charge in [0.15, 0.2) is 12.6 Å². The Morgan fingerprint density at radius 3 is 1.55 bits per heavy atom. The largest absolute Gasteiger partial charge is 0.497 e. The zero-order valence-electron chi connectivity index (χ0n) is 35.8. The SMILES string of the molecule is COc1ccc(CCC2O[C@@H](O[C@@H]3C(COCc4ccccc4)O[C@@H](OCc4ccccc4)C(C)[C@H]3C)C(OCc3ccccc3)[C@@H](Cc3ccc(OC)cc3)[C@@H]2C)cc1. The first-order valence-corrected chi connectivity index (χ1v) is 21.5. The second-order valence-corrected chi connectivity index (χ2v) is 16.4. The van der Waals surface area contributed by atoms with Crippen molar-refractivity contribution in [3.8, 4) is 11.5 Å². The highest BCUT2D eigenvalue weighted by atomic mass is 16.7. The lowest BCUT2D eigenvalue weighted by atomic mass is 9.76. The van der Waals surface area contributed by atoms with Gasteiger partial charge in [-0.15, -0.1) is 0 Å². The minimum atomic E-state index is -0.671. The second-order valence-electron chi connectivity index (χ2n) is 16.4. The number of hydrogen-bond acceptors (Lipinski definition) is 8. The molecule has 0 N–H and O–H groups in total. The summed E-state index contributed by atoms with van der Waals surface area (Å²) < 4.78 is 52.3. The van der Waals surface area contributed by atoms with Crippen molar-refractivity contribution in [1.29, 1.82) is 0 Å². The fourth-order valence-corrected chi connectivity index (χ4v) is 8.57. The van der Waals surface area contributed by atoms with Crippen LogP contribution in [-0.2, 0) is 61.1 Å². The molecule has 318 valence electrons. The zero-order valence-corrected chi connectivity index (χ0v) is 35.8. The van der Waals surface area contributed by atoms with Crippen molar-refractivity contribution >= 4 is 0 Å². The smallest absolute Gasteiger partial charge is 0.184 e. The van der Waals surface area contributed by atoms with Crippen LogP contribution in [-0.4, -0.2) is 57.8 Å². The first-order valence-electron chi connectivity index (χ1n) is 21.5. The molecule has 2 aliphatic heterocycles. The molecule has 2 heterocycles. The molecule has 0 saturated carbocycles. The summed E-state index contributed by atoms with van der Waals surface area (Å²) in [7, 11) is 3.40. The maximum atomic E-state index is 7.36. The Morgan fingerprint density at radius 2 is 0.983 bits per heavy atom. The maximum absolute atomic E-state index is 7.36. The molecule has 0 bridgehead atoms. The normalized spacial score (nSPS) is 26.7. The van der Waals surface area contributed by atoms with Gasteiger partial charge in [0.2, 0.25) is 0 Å². The summed E-state index contributed by atoms with van der Waals surface area (Å²) in [4.78, 5) is 0. The third-order valence-electron chi connectivity index (χ3n) is 12.4. The van der Waals surface area contributed by atoms with Gasteiger partial charge in [-0.3, -0.25) is 0 Å². The molecule has 8 heteroatoms. The van der Waals surface area contributed by atoms with E-state index in [2.05, 4.69) is 93.6 Å². The third kappa shape index (κ3) is 11.6. The molecule has 0 amide bonds. The Hall–Kier alpha value is -4.54.